The average Bonchev–Trinajstić information content (AvgIpc) is 3.03. The van der Waals surface area contributed by atoms with Crippen molar-refractivity contribution in [2.45, 2.75) is 25.9 Å². The normalized spacial score (nSPS) is 13.0. The van der Waals surface area contributed by atoms with Crippen LogP contribution in [0, 0.1) is 0 Å². The Morgan fingerprint density at radius 2 is 2.14 bits per heavy atom. The van der Waals surface area contributed by atoms with Crippen molar-refractivity contribution in [3.63, 3.8) is 0 Å². The first kappa shape index (κ1) is 14.8. The summed E-state index contributed by atoms with van der Waals surface area (Å²) < 4.78 is 4.09. The summed E-state index contributed by atoms with van der Waals surface area (Å²) in [5.41, 5.74) is 3.08. The summed E-state index contributed by atoms with van der Waals surface area (Å²) in [5, 5.41) is 18.3. The Bertz CT molecular complexity index is 778. The second-order valence-corrected chi connectivity index (χ2v) is 6.80. The average molecular weight is 365 g/mol. The fourth-order valence-corrected chi connectivity index (χ4v) is 4.38. The molecular formula is C16H17BrN2OS. The van der Waals surface area contributed by atoms with E-state index in [4.69, 9.17) is 0 Å². The van der Waals surface area contributed by atoms with E-state index >= 15 is 0 Å². The SMILES string of the molecule is CCc1nn(C)c(CC(O)c2csc3ccccc23)c1Br. The molecular weight excluding hydrogens is 348 g/mol. The number of nitrogens with zero attached hydrogens (tertiary/aromatic N) is 2. The molecule has 3 rings (SSSR count). The largest absolute Gasteiger partial charge is 0.388 e. The third-order valence-electron chi connectivity index (χ3n) is 3.76. The minimum Gasteiger partial charge on any atom is -0.388 e. The number of aliphatic hydroxyl groups is 1. The molecule has 110 valence electrons. The van der Waals surface area contributed by atoms with Gasteiger partial charge in [0, 0.05) is 18.2 Å². The van der Waals surface area contributed by atoms with Crippen LogP contribution in [0.1, 0.15) is 30.0 Å². The first-order chi connectivity index (χ1) is 10.1. The molecule has 0 amide bonds. The van der Waals surface area contributed by atoms with E-state index in [0.29, 0.717) is 6.42 Å². The molecule has 0 bridgehead atoms. The Kier molecular flexibility index (Phi) is 4.15. The van der Waals surface area contributed by atoms with Crippen LogP contribution in [0.3, 0.4) is 0 Å². The van der Waals surface area contributed by atoms with Crippen LogP contribution in [0.2, 0.25) is 0 Å². The van der Waals surface area contributed by atoms with E-state index in [2.05, 4.69) is 45.5 Å². The highest BCUT2D eigenvalue weighted by molar-refractivity contribution is 9.10. The Labute approximate surface area is 136 Å². The molecule has 1 N–H and O–H groups in total. The molecule has 0 aliphatic rings. The van der Waals surface area contributed by atoms with Crippen molar-refractivity contribution in [2.75, 3.05) is 0 Å². The van der Waals surface area contributed by atoms with Gasteiger partial charge in [0.2, 0.25) is 0 Å². The van der Waals surface area contributed by atoms with Crippen LogP contribution in [0.5, 0.6) is 0 Å². The summed E-state index contributed by atoms with van der Waals surface area (Å²) >= 11 is 5.29. The number of rotatable bonds is 4. The molecule has 0 aliphatic carbocycles. The van der Waals surface area contributed by atoms with E-state index in [1.807, 2.05) is 23.9 Å². The minimum absolute atomic E-state index is 0.516. The molecule has 2 heterocycles. The predicted octanol–water partition coefficient (Wildman–Crippen LogP) is 4.24. The van der Waals surface area contributed by atoms with E-state index in [0.717, 1.165) is 33.2 Å². The van der Waals surface area contributed by atoms with E-state index in [1.165, 1.54) is 4.70 Å². The molecule has 1 aromatic carbocycles. The Hall–Kier alpha value is -1.17. The van der Waals surface area contributed by atoms with Gasteiger partial charge < -0.3 is 5.11 Å². The molecule has 0 saturated carbocycles. The van der Waals surface area contributed by atoms with E-state index < -0.39 is 6.10 Å². The zero-order valence-corrected chi connectivity index (χ0v) is 14.4. The second kappa shape index (κ2) is 5.91. The summed E-state index contributed by atoms with van der Waals surface area (Å²) in [6.45, 7) is 2.08. The third-order valence-corrected chi connectivity index (χ3v) is 5.66. The molecule has 5 heteroatoms. The molecule has 0 radical (unpaired) electrons. The summed E-state index contributed by atoms with van der Waals surface area (Å²) in [6, 6.07) is 8.20. The Morgan fingerprint density at radius 1 is 1.38 bits per heavy atom. The Morgan fingerprint density at radius 3 is 2.86 bits per heavy atom. The van der Waals surface area contributed by atoms with Crippen LogP contribution >= 0.6 is 27.3 Å². The lowest BCUT2D eigenvalue weighted by atomic mass is 10.0. The molecule has 3 nitrogen and oxygen atoms in total. The van der Waals surface area contributed by atoms with Crippen molar-refractivity contribution in [1.82, 2.24) is 9.78 Å². The van der Waals surface area contributed by atoms with Crippen molar-refractivity contribution in [1.29, 1.82) is 0 Å². The van der Waals surface area contributed by atoms with Gasteiger partial charge in [-0.25, -0.2) is 0 Å². The van der Waals surface area contributed by atoms with E-state index in [-0.39, 0.29) is 0 Å². The van der Waals surface area contributed by atoms with Crippen LogP contribution in [-0.2, 0) is 19.9 Å². The molecule has 0 fully saturated rings. The number of hydrogen-bond acceptors (Lipinski definition) is 3. The lowest BCUT2D eigenvalue weighted by Crippen LogP contribution is -2.06. The van der Waals surface area contributed by atoms with Crippen molar-refractivity contribution >= 4 is 37.4 Å². The summed E-state index contributed by atoms with van der Waals surface area (Å²) in [7, 11) is 1.93. The van der Waals surface area contributed by atoms with Gasteiger partial charge in [0.05, 0.1) is 22.0 Å². The highest BCUT2D eigenvalue weighted by Gasteiger charge is 2.19. The summed E-state index contributed by atoms with van der Waals surface area (Å²) in [5.74, 6) is 0. The molecule has 0 spiro atoms. The van der Waals surface area contributed by atoms with Gasteiger partial charge in [-0.15, -0.1) is 11.3 Å². The molecule has 21 heavy (non-hydrogen) atoms. The fourth-order valence-electron chi connectivity index (χ4n) is 2.59. The van der Waals surface area contributed by atoms with Crippen molar-refractivity contribution in [2.24, 2.45) is 7.05 Å². The maximum Gasteiger partial charge on any atom is 0.0859 e. The third kappa shape index (κ3) is 2.65. The van der Waals surface area contributed by atoms with Crippen LogP contribution in [0.25, 0.3) is 10.1 Å². The van der Waals surface area contributed by atoms with Gasteiger partial charge in [0.15, 0.2) is 0 Å². The number of benzene rings is 1. The minimum atomic E-state index is -0.516. The van der Waals surface area contributed by atoms with Crippen LogP contribution in [0.4, 0.5) is 0 Å². The van der Waals surface area contributed by atoms with Crippen LogP contribution in [-0.4, -0.2) is 14.9 Å². The number of thiophene rings is 1. The first-order valence-corrected chi connectivity index (χ1v) is 8.63. The van der Waals surface area contributed by atoms with Crippen molar-refractivity contribution < 1.29 is 5.11 Å². The van der Waals surface area contributed by atoms with Crippen LogP contribution in [0.15, 0.2) is 34.1 Å². The number of hydrogen-bond donors (Lipinski definition) is 1. The fraction of sp³-hybridized carbons (Fsp3) is 0.312. The lowest BCUT2D eigenvalue weighted by molar-refractivity contribution is 0.177. The monoisotopic (exact) mass is 364 g/mol. The van der Waals surface area contributed by atoms with Crippen molar-refractivity contribution in [3.8, 4) is 0 Å². The standard InChI is InChI=1S/C16H17BrN2OS/c1-3-12-16(17)13(19(2)18-12)8-14(20)11-9-21-15-7-5-4-6-10(11)15/h4-7,9,14,20H,3,8H2,1-2H3. The number of aliphatic hydroxyl groups excluding tert-OH is 1. The van der Waals surface area contributed by atoms with E-state index in [9.17, 15) is 5.11 Å². The summed E-state index contributed by atoms with van der Waals surface area (Å²) in [6.07, 6.45) is 0.925. The lowest BCUT2D eigenvalue weighted by Gasteiger charge is -2.11. The maximum absolute atomic E-state index is 10.6. The van der Waals surface area contributed by atoms with Gasteiger partial charge in [0.25, 0.3) is 0 Å². The van der Waals surface area contributed by atoms with E-state index in [1.54, 1.807) is 11.3 Å². The number of aryl methyl sites for hydroxylation is 2. The van der Waals surface area contributed by atoms with Gasteiger partial charge in [-0.2, -0.15) is 5.10 Å². The summed E-state index contributed by atoms with van der Waals surface area (Å²) in [4.78, 5) is 0. The first-order valence-electron chi connectivity index (χ1n) is 6.96. The molecule has 0 saturated heterocycles. The molecule has 3 aromatic rings. The number of fused-ring (bicyclic) bond motifs is 1. The maximum atomic E-state index is 10.6. The topological polar surface area (TPSA) is 38.0 Å². The van der Waals surface area contributed by atoms with Gasteiger partial charge in [-0.3, -0.25) is 4.68 Å². The highest BCUT2D eigenvalue weighted by Crippen LogP contribution is 2.33. The zero-order chi connectivity index (χ0) is 15.0. The van der Waals surface area contributed by atoms with Gasteiger partial charge >= 0.3 is 0 Å². The van der Waals surface area contributed by atoms with Gasteiger partial charge in [-0.05, 0) is 44.7 Å². The van der Waals surface area contributed by atoms with Crippen LogP contribution < -0.4 is 0 Å². The molecule has 2 aromatic heterocycles. The number of aromatic nitrogens is 2. The molecule has 1 unspecified atom stereocenters. The highest BCUT2D eigenvalue weighted by atomic mass is 79.9. The quantitative estimate of drug-likeness (QED) is 0.751. The van der Waals surface area contributed by atoms with Gasteiger partial charge in [0.1, 0.15) is 0 Å². The second-order valence-electron chi connectivity index (χ2n) is 5.09. The number of halogens is 1. The molecule has 1 atom stereocenters. The predicted molar refractivity (Wildman–Crippen MR) is 90.8 cm³/mol. The Balaban J connectivity index is 1.93. The molecule has 0 aliphatic heterocycles. The zero-order valence-electron chi connectivity index (χ0n) is 12.0. The smallest absolute Gasteiger partial charge is 0.0859 e. The van der Waals surface area contributed by atoms with Crippen molar-refractivity contribution in [3.05, 3.63) is 51.1 Å². The van der Waals surface area contributed by atoms with Gasteiger partial charge in [-0.1, -0.05) is 25.1 Å².